The minimum absolute atomic E-state index is 0.00334. The molecule has 4 aliphatic rings. The maximum Gasteiger partial charge on any atom is 0.190 e. The summed E-state index contributed by atoms with van der Waals surface area (Å²) in [6, 6.07) is 0. The van der Waals surface area contributed by atoms with Gasteiger partial charge in [0.25, 0.3) is 0 Å². The van der Waals surface area contributed by atoms with Gasteiger partial charge in [-0.15, -0.1) is 0 Å². The van der Waals surface area contributed by atoms with E-state index in [9.17, 15) is 19.8 Å². The molecule has 0 heterocycles. The normalized spacial score (nSPS) is 47.4. The molecule has 26 heavy (non-hydrogen) atoms. The molecule has 0 saturated heterocycles. The van der Waals surface area contributed by atoms with E-state index in [1.165, 1.54) is 11.6 Å². The minimum Gasteiger partial charge on any atom is -0.388 e. The highest BCUT2D eigenvalue weighted by molar-refractivity contribution is 5.92. The minimum atomic E-state index is -1.54. The van der Waals surface area contributed by atoms with Crippen molar-refractivity contribution in [3.63, 3.8) is 0 Å². The average molecular weight is 362 g/mol. The first-order valence-electron chi connectivity index (χ1n) is 9.63. The van der Waals surface area contributed by atoms with Gasteiger partial charge in [-0.1, -0.05) is 25.5 Å². The monoisotopic (exact) mass is 362 g/mol. The van der Waals surface area contributed by atoms with E-state index in [4.69, 9.17) is 0 Å². The van der Waals surface area contributed by atoms with Crippen molar-refractivity contribution in [2.75, 3.05) is 6.61 Å². The molecule has 6 atom stereocenters. The van der Waals surface area contributed by atoms with Crippen LogP contribution in [0.25, 0.3) is 0 Å². The van der Waals surface area contributed by atoms with Gasteiger partial charge < -0.3 is 10.2 Å². The summed E-state index contributed by atoms with van der Waals surface area (Å²) in [5.41, 5.74) is -0.852. The lowest BCUT2D eigenvalue weighted by atomic mass is 9.50. The average Bonchev–Trinajstić information content (AvgIpc) is 2.88. The first-order valence-corrected chi connectivity index (χ1v) is 9.63. The van der Waals surface area contributed by atoms with Gasteiger partial charge in [0.2, 0.25) is 0 Å². The smallest absolute Gasteiger partial charge is 0.190 e. The van der Waals surface area contributed by atoms with Gasteiger partial charge in [-0.2, -0.15) is 0 Å². The summed E-state index contributed by atoms with van der Waals surface area (Å²) in [4.78, 5) is 24.1. The molecule has 2 saturated carbocycles. The van der Waals surface area contributed by atoms with Crippen LogP contribution in [0.5, 0.6) is 0 Å². The molecule has 0 spiro atoms. The standard InChI is InChI=1S/C21H27FO4/c1-19-6-3-12(24)9-16(19)17(22)10-13-14(19)4-7-20(2)15(13)5-8-21(20,26)18(25)11-23/h4,9,13,15,17,23,26H,3,5-8,10-11H2,1-2H3/t13-,15+,17+,19-,20+,21+/m1/s1. The van der Waals surface area contributed by atoms with Crippen LogP contribution in [0.4, 0.5) is 4.39 Å². The van der Waals surface area contributed by atoms with Crippen LogP contribution in [0.1, 0.15) is 52.4 Å². The van der Waals surface area contributed by atoms with E-state index < -0.39 is 35.0 Å². The Morgan fingerprint density at radius 1 is 1.31 bits per heavy atom. The molecule has 0 aromatic heterocycles. The van der Waals surface area contributed by atoms with Crippen LogP contribution in [0.2, 0.25) is 0 Å². The predicted octanol–water partition coefficient (Wildman–Crippen LogP) is 2.68. The SMILES string of the molecule is C[C@]12CCC(=O)C=C1[C@@H](F)C[C@@H]1C2=CC[C@@]2(C)[C@H]1CC[C@]2(O)C(=O)CO. The van der Waals surface area contributed by atoms with E-state index in [-0.39, 0.29) is 17.6 Å². The lowest BCUT2D eigenvalue weighted by Crippen LogP contribution is -2.56. The lowest BCUT2D eigenvalue weighted by Gasteiger charge is -2.55. The third kappa shape index (κ3) is 2.07. The summed E-state index contributed by atoms with van der Waals surface area (Å²) in [5, 5.41) is 20.4. The molecule has 2 fully saturated rings. The maximum atomic E-state index is 15.1. The topological polar surface area (TPSA) is 74.6 Å². The lowest BCUT2D eigenvalue weighted by molar-refractivity contribution is -0.155. The Morgan fingerprint density at radius 2 is 2.04 bits per heavy atom. The third-order valence-corrected chi connectivity index (χ3v) is 8.08. The third-order valence-electron chi connectivity index (χ3n) is 8.08. The molecule has 0 aromatic rings. The number of ketones is 2. The summed E-state index contributed by atoms with van der Waals surface area (Å²) in [6.07, 6.45) is 5.34. The number of allylic oxidation sites excluding steroid dienone is 4. The van der Waals surface area contributed by atoms with E-state index in [1.807, 2.05) is 13.8 Å². The number of Topliss-reactive ketones (excluding diaryl/α,β-unsaturated/α-hetero) is 1. The molecule has 142 valence electrons. The number of halogens is 1. The first-order chi connectivity index (χ1) is 12.2. The van der Waals surface area contributed by atoms with Gasteiger partial charge in [0.15, 0.2) is 11.6 Å². The quantitative estimate of drug-likeness (QED) is 0.741. The Hall–Kier alpha value is -1.33. The zero-order valence-corrected chi connectivity index (χ0v) is 15.4. The van der Waals surface area contributed by atoms with Gasteiger partial charge in [-0.05, 0) is 55.6 Å². The van der Waals surface area contributed by atoms with Crippen LogP contribution < -0.4 is 0 Å². The van der Waals surface area contributed by atoms with E-state index >= 15 is 4.39 Å². The van der Waals surface area contributed by atoms with Crippen molar-refractivity contribution >= 4 is 11.6 Å². The van der Waals surface area contributed by atoms with Gasteiger partial charge in [0.05, 0.1) is 0 Å². The molecule has 0 aliphatic heterocycles. The second-order valence-corrected chi connectivity index (χ2v) is 9.08. The number of hydrogen-bond acceptors (Lipinski definition) is 4. The van der Waals surface area contributed by atoms with Crippen LogP contribution in [-0.4, -0.2) is 40.2 Å². The molecule has 5 heteroatoms. The van der Waals surface area contributed by atoms with E-state index in [2.05, 4.69) is 6.08 Å². The van der Waals surface area contributed by atoms with Crippen molar-refractivity contribution in [2.45, 2.75) is 64.1 Å². The molecule has 0 bridgehead atoms. The van der Waals surface area contributed by atoms with E-state index in [0.717, 1.165) is 0 Å². The van der Waals surface area contributed by atoms with E-state index in [1.54, 1.807) is 0 Å². The summed E-state index contributed by atoms with van der Waals surface area (Å²) < 4.78 is 15.1. The van der Waals surface area contributed by atoms with Gasteiger partial charge in [0, 0.05) is 17.3 Å². The van der Waals surface area contributed by atoms with Crippen LogP contribution in [0, 0.1) is 22.7 Å². The fraction of sp³-hybridized carbons (Fsp3) is 0.714. The number of fused-ring (bicyclic) bond motifs is 5. The van der Waals surface area contributed by atoms with Crippen molar-refractivity contribution in [3.8, 4) is 0 Å². The van der Waals surface area contributed by atoms with Gasteiger partial charge in [-0.25, -0.2) is 4.39 Å². The Balaban J connectivity index is 1.79. The molecule has 4 nitrogen and oxygen atoms in total. The summed E-state index contributed by atoms with van der Waals surface area (Å²) >= 11 is 0. The fourth-order valence-electron chi connectivity index (χ4n) is 6.46. The van der Waals surface area contributed by atoms with Crippen molar-refractivity contribution < 1.29 is 24.2 Å². The van der Waals surface area contributed by atoms with Crippen molar-refractivity contribution in [3.05, 3.63) is 23.3 Å². The summed E-state index contributed by atoms with van der Waals surface area (Å²) in [5.74, 6) is -0.539. The highest BCUT2D eigenvalue weighted by Gasteiger charge is 2.65. The molecular formula is C21H27FO4. The summed E-state index contributed by atoms with van der Waals surface area (Å²) in [7, 11) is 0. The first kappa shape index (κ1) is 18.1. The molecule has 0 amide bonds. The highest BCUT2D eigenvalue weighted by Crippen LogP contribution is 2.65. The zero-order valence-electron chi connectivity index (χ0n) is 15.4. The number of aliphatic hydroxyl groups excluding tert-OH is 1. The zero-order chi connectivity index (χ0) is 18.9. The second-order valence-electron chi connectivity index (χ2n) is 9.08. The Labute approximate surface area is 153 Å². The van der Waals surface area contributed by atoms with Crippen LogP contribution in [0.3, 0.4) is 0 Å². The molecule has 4 aliphatic carbocycles. The van der Waals surface area contributed by atoms with Gasteiger partial charge in [-0.3, -0.25) is 9.59 Å². The van der Waals surface area contributed by atoms with Crippen LogP contribution >= 0.6 is 0 Å². The predicted molar refractivity (Wildman–Crippen MR) is 94.0 cm³/mol. The molecule has 0 radical (unpaired) electrons. The fourth-order valence-corrected chi connectivity index (χ4v) is 6.46. The van der Waals surface area contributed by atoms with Crippen molar-refractivity contribution in [1.29, 1.82) is 0 Å². The second kappa shape index (κ2) is 5.59. The van der Waals surface area contributed by atoms with Crippen LogP contribution in [-0.2, 0) is 9.59 Å². The van der Waals surface area contributed by atoms with Crippen molar-refractivity contribution in [1.82, 2.24) is 0 Å². The largest absolute Gasteiger partial charge is 0.388 e. The number of alkyl halides is 1. The number of carbonyl (C=O) groups excluding carboxylic acids is 2. The molecular weight excluding hydrogens is 335 g/mol. The number of carbonyl (C=O) groups is 2. The number of aliphatic hydroxyl groups is 2. The molecule has 2 N–H and O–H groups in total. The van der Waals surface area contributed by atoms with Gasteiger partial charge in [0.1, 0.15) is 18.4 Å². The van der Waals surface area contributed by atoms with Crippen molar-refractivity contribution in [2.24, 2.45) is 22.7 Å². The Morgan fingerprint density at radius 3 is 2.73 bits per heavy atom. The van der Waals surface area contributed by atoms with Gasteiger partial charge >= 0.3 is 0 Å². The van der Waals surface area contributed by atoms with E-state index in [0.29, 0.717) is 44.1 Å². The Kier molecular flexibility index (Phi) is 3.88. The Bertz CT molecular complexity index is 740. The number of rotatable bonds is 2. The highest BCUT2D eigenvalue weighted by atomic mass is 19.1. The number of hydrogen-bond donors (Lipinski definition) is 2. The molecule has 4 rings (SSSR count). The summed E-state index contributed by atoms with van der Waals surface area (Å²) in [6.45, 7) is 3.29. The van der Waals surface area contributed by atoms with Crippen LogP contribution in [0.15, 0.2) is 23.3 Å². The molecule has 0 aromatic carbocycles. The maximum absolute atomic E-state index is 15.1. The molecule has 0 unspecified atom stereocenters.